The highest BCUT2D eigenvalue weighted by molar-refractivity contribution is 7.10. The number of rotatable bonds is 4. The molecule has 0 unspecified atom stereocenters. The van der Waals surface area contributed by atoms with Gasteiger partial charge in [-0.3, -0.25) is 9.69 Å². The second-order valence-electron chi connectivity index (χ2n) is 7.48. The number of fused-ring (bicyclic) bond motifs is 1. The zero-order valence-corrected chi connectivity index (χ0v) is 17.8. The standard InChI is InChI=1S/C24H20ClN3OS/c25-19-8-6-17(7-9-19)23-26-22-10-11-28(14-21(22)24(29)27-23)13-20-12-18(15-30-20)16-4-2-1-3-5-16/h1-9,12,15H,10-11,13-14H2,(H,26,27,29). The molecular formula is C24H20ClN3OS. The fourth-order valence-electron chi connectivity index (χ4n) is 3.83. The van der Waals surface area contributed by atoms with Crippen LogP contribution in [0, 0.1) is 0 Å². The molecule has 5 rings (SSSR count). The van der Waals surface area contributed by atoms with E-state index in [1.54, 1.807) is 11.3 Å². The predicted molar refractivity (Wildman–Crippen MR) is 123 cm³/mol. The van der Waals surface area contributed by atoms with Crippen molar-refractivity contribution in [3.8, 4) is 22.5 Å². The van der Waals surface area contributed by atoms with E-state index in [9.17, 15) is 4.79 Å². The van der Waals surface area contributed by atoms with Crippen LogP contribution >= 0.6 is 22.9 Å². The minimum atomic E-state index is -0.0502. The molecule has 4 aromatic rings. The maximum atomic E-state index is 12.8. The van der Waals surface area contributed by atoms with E-state index in [0.717, 1.165) is 36.3 Å². The zero-order chi connectivity index (χ0) is 20.5. The van der Waals surface area contributed by atoms with Crippen molar-refractivity contribution in [2.24, 2.45) is 0 Å². The van der Waals surface area contributed by atoms with E-state index in [1.165, 1.54) is 16.0 Å². The van der Waals surface area contributed by atoms with Gasteiger partial charge in [0.15, 0.2) is 0 Å². The number of nitrogens with one attached hydrogen (secondary N) is 1. The van der Waals surface area contributed by atoms with Gasteiger partial charge in [0.25, 0.3) is 5.56 Å². The summed E-state index contributed by atoms with van der Waals surface area (Å²) < 4.78 is 0. The number of benzene rings is 2. The smallest absolute Gasteiger partial charge is 0.255 e. The normalized spacial score (nSPS) is 13.9. The number of H-pyrrole nitrogens is 1. The topological polar surface area (TPSA) is 49.0 Å². The molecule has 150 valence electrons. The van der Waals surface area contributed by atoms with Crippen LogP contribution in [0.5, 0.6) is 0 Å². The Balaban J connectivity index is 1.34. The fourth-order valence-corrected chi connectivity index (χ4v) is 4.89. The molecule has 0 amide bonds. The first-order valence-corrected chi connectivity index (χ1v) is 11.1. The Morgan fingerprint density at radius 1 is 1.03 bits per heavy atom. The molecule has 4 nitrogen and oxygen atoms in total. The second kappa shape index (κ2) is 8.19. The van der Waals surface area contributed by atoms with E-state index in [2.05, 4.69) is 45.6 Å². The van der Waals surface area contributed by atoms with Gasteiger partial charge in [0.2, 0.25) is 0 Å². The summed E-state index contributed by atoms with van der Waals surface area (Å²) in [6, 6.07) is 20.0. The quantitative estimate of drug-likeness (QED) is 0.470. The average Bonchev–Trinajstić information content (AvgIpc) is 3.24. The van der Waals surface area contributed by atoms with Crippen molar-refractivity contribution in [3.63, 3.8) is 0 Å². The molecule has 0 saturated heterocycles. The monoisotopic (exact) mass is 433 g/mol. The van der Waals surface area contributed by atoms with Crippen molar-refractivity contribution in [2.75, 3.05) is 6.54 Å². The first kappa shape index (κ1) is 19.2. The van der Waals surface area contributed by atoms with Crippen molar-refractivity contribution < 1.29 is 0 Å². The van der Waals surface area contributed by atoms with E-state index in [4.69, 9.17) is 16.6 Å². The molecular weight excluding hydrogens is 414 g/mol. The van der Waals surface area contributed by atoms with Crippen LogP contribution in [0.3, 0.4) is 0 Å². The van der Waals surface area contributed by atoms with Crippen LogP contribution in [0.25, 0.3) is 22.5 Å². The molecule has 30 heavy (non-hydrogen) atoms. The Hall–Kier alpha value is -2.73. The van der Waals surface area contributed by atoms with Crippen LogP contribution in [-0.4, -0.2) is 21.4 Å². The molecule has 0 saturated carbocycles. The number of aromatic nitrogens is 2. The SMILES string of the molecule is O=c1[nH]c(-c2ccc(Cl)cc2)nc2c1CN(Cc1cc(-c3ccccc3)cs1)CC2. The number of halogens is 1. The summed E-state index contributed by atoms with van der Waals surface area (Å²) in [6.07, 6.45) is 0.775. The summed E-state index contributed by atoms with van der Waals surface area (Å²) in [7, 11) is 0. The Kier molecular flexibility index (Phi) is 5.25. The number of thiophene rings is 1. The lowest BCUT2D eigenvalue weighted by molar-refractivity contribution is 0.244. The summed E-state index contributed by atoms with van der Waals surface area (Å²) in [4.78, 5) is 24.1. The molecule has 1 aliphatic heterocycles. The van der Waals surface area contributed by atoms with Crippen LogP contribution in [0.4, 0.5) is 0 Å². The minimum absolute atomic E-state index is 0.0502. The molecule has 2 aromatic carbocycles. The van der Waals surface area contributed by atoms with Crippen molar-refractivity contribution in [3.05, 3.63) is 97.6 Å². The Labute approximate surface area is 183 Å². The van der Waals surface area contributed by atoms with Crippen LogP contribution in [-0.2, 0) is 19.5 Å². The van der Waals surface area contributed by atoms with Gasteiger partial charge in [-0.15, -0.1) is 11.3 Å². The Morgan fingerprint density at radius 3 is 2.63 bits per heavy atom. The average molecular weight is 434 g/mol. The number of hydrogen-bond donors (Lipinski definition) is 1. The molecule has 1 aliphatic rings. The van der Waals surface area contributed by atoms with E-state index in [0.29, 0.717) is 17.4 Å². The van der Waals surface area contributed by atoms with Crippen LogP contribution in [0.2, 0.25) is 5.02 Å². The van der Waals surface area contributed by atoms with E-state index in [-0.39, 0.29) is 5.56 Å². The van der Waals surface area contributed by atoms with Gasteiger partial charge in [-0.25, -0.2) is 4.98 Å². The van der Waals surface area contributed by atoms with Crippen molar-refractivity contribution in [2.45, 2.75) is 19.5 Å². The highest BCUT2D eigenvalue weighted by Gasteiger charge is 2.22. The fraction of sp³-hybridized carbons (Fsp3) is 0.167. The third-order valence-corrected chi connectivity index (χ3v) is 6.58. The van der Waals surface area contributed by atoms with Crippen LogP contribution < -0.4 is 5.56 Å². The van der Waals surface area contributed by atoms with Gasteiger partial charge < -0.3 is 4.98 Å². The molecule has 0 bridgehead atoms. The van der Waals surface area contributed by atoms with Gasteiger partial charge in [0, 0.05) is 41.5 Å². The van der Waals surface area contributed by atoms with E-state index in [1.807, 2.05) is 30.3 Å². The van der Waals surface area contributed by atoms with Gasteiger partial charge in [0.1, 0.15) is 5.82 Å². The molecule has 0 radical (unpaired) electrons. The Morgan fingerprint density at radius 2 is 1.83 bits per heavy atom. The maximum absolute atomic E-state index is 12.8. The van der Waals surface area contributed by atoms with Crippen molar-refractivity contribution >= 4 is 22.9 Å². The predicted octanol–water partition coefficient (Wildman–Crippen LogP) is 5.38. The summed E-state index contributed by atoms with van der Waals surface area (Å²) in [5.74, 6) is 0.606. The molecule has 6 heteroatoms. The molecule has 0 fully saturated rings. The summed E-state index contributed by atoms with van der Waals surface area (Å²) in [6.45, 7) is 2.36. The molecule has 0 spiro atoms. The zero-order valence-electron chi connectivity index (χ0n) is 16.3. The summed E-state index contributed by atoms with van der Waals surface area (Å²) >= 11 is 7.74. The van der Waals surface area contributed by atoms with Gasteiger partial charge in [-0.05, 0) is 46.8 Å². The minimum Gasteiger partial charge on any atom is -0.306 e. The lowest BCUT2D eigenvalue weighted by Gasteiger charge is -2.27. The van der Waals surface area contributed by atoms with Gasteiger partial charge in [-0.2, -0.15) is 0 Å². The molecule has 0 aliphatic carbocycles. The number of hydrogen-bond acceptors (Lipinski definition) is 4. The third kappa shape index (κ3) is 3.97. The highest BCUT2D eigenvalue weighted by Crippen LogP contribution is 2.28. The van der Waals surface area contributed by atoms with Gasteiger partial charge in [-0.1, -0.05) is 41.9 Å². The van der Waals surface area contributed by atoms with Crippen LogP contribution in [0.15, 0.2) is 70.8 Å². The second-order valence-corrected chi connectivity index (χ2v) is 8.91. The molecule has 2 aromatic heterocycles. The summed E-state index contributed by atoms with van der Waals surface area (Å²) in [5.41, 5.74) is 4.98. The molecule has 0 atom stereocenters. The van der Waals surface area contributed by atoms with E-state index >= 15 is 0 Å². The lowest BCUT2D eigenvalue weighted by Crippen LogP contribution is -2.35. The van der Waals surface area contributed by atoms with E-state index < -0.39 is 0 Å². The van der Waals surface area contributed by atoms with Gasteiger partial charge >= 0.3 is 0 Å². The lowest BCUT2D eigenvalue weighted by atomic mass is 10.1. The first-order valence-electron chi connectivity index (χ1n) is 9.89. The Bertz CT molecular complexity index is 1230. The largest absolute Gasteiger partial charge is 0.306 e. The molecule has 1 N–H and O–H groups in total. The van der Waals surface area contributed by atoms with Crippen molar-refractivity contribution in [1.29, 1.82) is 0 Å². The maximum Gasteiger partial charge on any atom is 0.255 e. The number of nitrogens with zero attached hydrogens (tertiary/aromatic N) is 2. The molecule has 3 heterocycles. The summed E-state index contributed by atoms with van der Waals surface area (Å²) in [5, 5.41) is 2.87. The third-order valence-electron chi connectivity index (χ3n) is 5.41. The van der Waals surface area contributed by atoms with Crippen molar-refractivity contribution in [1.82, 2.24) is 14.9 Å². The number of aromatic amines is 1. The highest BCUT2D eigenvalue weighted by atomic mass is 35.5. The van der Waals surface area contributed by atoms with Crippen LogP contribution in [0.1, 0.15) is 16.1 Å². The first-order chi connectivity index (χ1) is 14.7. The van der Waals surface area contributed by atoms with Gasteiger partial charge in [0.05, 0.1) is 11.3 Å².